The number of rotatable bonds is 4. The summed E-state index contributed by atoms with van der Waals surface area (Å²) in [5.41, 5.74) is 1.94. The van der Waals surface area contributed by atoms with Crippen LogP contribution < -0.4 is 5.32 Å². The number of piperazine rings is 1. The van der Waals surface area contributed by atoms with Gasteiger partial charge in [0.2, 0.25) is 5.91 Å². The molecule has 26 heavy (non-hydrogen) atoms. The Balaban J connectivity index is 1.77. The van der Waals surface area contributed by atoms with Crippen LogP contribution in [0, 0.1) is 13.8 Å². The maximum Gasteiger partial charge on any atom is 0.266 e. The van der Waals surface area contributed by atoms with Crippen LogP contribution in [-0.4, -0.2) is 59.3 Å². The molecule has 1 aromatic heterocycles. The van der Waals surface area contributed by atoms with Crippen molar-refractivity contribution in [1.82, 2.24) is 20.1 Å². The third kappa shape index (κ3) is 3.94. The molecule has 1 aromatic carbocycles. The van der Waals surface area contributed by atoms with Gasteiger partial charge in [-0.15, -0.1) is 11.3 Å². The molecule has 0 aliphatic carbocycles. The fraction of sp³-hybridized carbons (Fsp3) is 0.421. The van der Waals surface area contributed by atoms with Crippen LogP contribution in [0.25, 0.3) is 0 Å². The van der Waals surface area contributed by atoms with E-state index < -0.39 is 6.04 Å². The molecule has 1 atom stereocenters. The van der Waals surface area contributed by atoms with Gasteiger partial charge in [0.15, 0.2) is 0 Å². The third-order valence-corrected chi connectivity index (χ3v) is 5.68. The summed E-state index contributed by atoms with van der Waals surface area (Å²) in [5, 5.41) is 3.57. The number of carbonyl (C=O) groups is 2. The van der Waals surface area contributed by atoms with E-state index in [9.17, 15) is 9.59 Å². The summed E-state index contributed by atoms with van der Waals surface area (Å²) in [5.74, 6) is -0.226. The zero-order chi connectivity index (χ0) is 18.7. The number of nitrogens with zero attached hydrogens (tertiary/aromatic N) is 3. The standard InChI is InChI=1S/C19H24N4O2S/c1-13-17(26-14(2)21-13)19(25)23-10-9-22(12-16(23)18(24)20-3)11-15-7-5-4-6-8-15/h4-8,16H,9-12H2,1-3H3,(H,20,24). The molecule has 7 heteroatoms. The van der Waals surface area contributed by atoms with E-state index in [0.29, 0.717) is 18.0 Å². The van der Waals surface area contributed by atoms with Gasteiger partial charge in [-0.2, -0.15) is 0 Å². The Morgan fingerprint density at radius 1 is 1.23 bits per heavy atom. The number of nitrogens with one attached hydrogen (secondary N) is 1. The molecule has 2 heterocycles. The minimum absolute atomic E-state index is 0.0962. The minimum Gasteiger partial charge on any atom is -0.357 e. The molecule has 1 N–H and O–H groups in total. The Bertz CT molecular complexity index is 790. The van der Waals surface area contributed by atoms with E-state index in [-0.39, 0.29) is 11.8 Å². The lowest BCUT2D eigenvalue weighted by Gasteiger charge is -2.40. The van der Waals surface area contributed by atoms with Gasteiger partial charge in [-0.3, -0.25) is 14.5 Å². The normalized spacial score (nSPS) is 18.0. The maximum absolute atomic E-state index is 13.0. The first kappa shape index (κ1) is 18.5. The minimum atomic E-state index is -0.494. The van der Waals surface area contributed by atoms with Crippen LogP contribution >= 0.6 is 11.3 Å². The van der Waals surface area contributed by atoms with Gasteiger partial charge in [-0.05, 0) is 19.4 Å². The third-order valence-electron chi connectivity index (χ3n) is 4.62. The highest BCUT2D eigenvalue weighted by molar-refractivity contribution is 7.13. The Labute approximate surface area is 157 Å². The molecule has 0 bridgehead atoms. The molecular weight excluding hydrogens is 348 g/mol. The van der Waals surface area contributed by atoms with Crippen molar-refractivity contribution in [3.05, 3.63) is 51.5 Å². The SMILES string of the molecule is CNC(=O)C1CN(Cc2ccccc2)CCN1C(=O)c1sc(C)nc1C. The highest BCUT2D eigenvalue weighted by Crippen LogP contribution is 2.22. The van der Waals surface area contributed by atoms with E-state index in [2.05, 4.69) is 27.3 Å². The van der Waals surface area contributed by atoms with Crippen LogP contribution in [0.3, 0.4) is 0 Å². The molecule has 0 saturated carbocycles. The van der Waals surface area contributed by atoms with E-state index >= 15 is 0 Å². The van der Waals surface area contributed by atoms with Gasteiger partial charge in [-0.1, -0.05) is 30.3 Å². The molecule has 2 amide bonds. The molecule has 138 valence electrons. The average Bonchev–Trinajstić information content (AvgIpc) is 2.99. The summed E-state index contributed by atoms with van der Waals surface area (Å²) >= 11 is 1.39. The highest BCUT2D eigenvalue weighted by Gasteiger charge is 2.36. The first-order chi connectivity index (χ1) is 12.5. The molecule has 6 nitrogen and oxygen atoms in total. The second-order valence-corrected chi connectivity index (χ2v) is 7.70. The van der Waals surface area contributed by atoms with Crippen molar-refractivity contribution >= 4 is 23.2 Å². The summed E-state index contributed by atoms with van der Waals surface area (Å²) in [6, 6.07) is 9.69. The summed E-state index contributed by atoms with van der Waals surface area (Å²) in [7, 11) is 1.61. The molecular formula is C19H24N4O2S. The van der Waals surface area contributed by atoms with Gasteiger partial charge in [0.1, 0.15) is 10.9 Å². The lowest BCUT2D eigenvalue weighted by Crippen LogP contribution is -2.60. The summed E-state index contributed by atoms with van der Waals surface area (Å²) in [4.78, 5) is 34.4. The maximum atomic E-state index is 13.0. The fourth-order valence-electron chi connectivity index (χ4n) is 3.32. The smallest absolute Gasteiger partial charge is 0.266 e. The second-order valence-electron chi connectivity index (χ2n) is 6.50. The molecule has 1 fully saturated rings. The number of amides is 2. The van der Waals surface area contributed by atoms with E-state index in [4.69, 9.17) is 0 Å². The van der Waals surface area contributed by atoms with Crippen LogP contribution in [0.5, 0.6) is 0 Å². The molecule has 0 spiro atoms. The lowest BCUT2D eigenvalue weighted by atomic mass is 10.1. The Kier molecular flexibility index (Phi) is 5.68. The number of benzene rings is 1. The van der Waals surface area contributed by atoms with Crippen LogP contribution in [0.15, 0.2) is 30.3 Å². The topological polar surface area (TPSA) is 65.5 Å². The van der Waals surface area contributed by atoms with Crippen molar-refractivity contribution in [2.75, 3.05) is 26.7 Å². The molecule has 3 rings (SSSR count). The first-order valence-corrected chi connectivity index (χ1v) is 9.54. The Hall–Kier alpha value is -2.25. The van der Waals surface area contributed by atoms with Crippen molar-refractivity contribution in [3.8, 4) is 0 Å². The van der Waals surface area contributed by atoms with Gasteiger partial charge in [0.25, 0.3) is 5.91 Å². The number of hydrogen-bond acceptors (Lipinski definition) is 5. The Morgan fingerprint density at radius 3 is 2.58 bits per heavy atom. The molecule has 1 aliphatic rings. The molecule has 1 saturated heterocycles. The van der Waals surface area contributed by atoms with Gasteiger partial charge < -0.3 is 10.2 Å². The van der Waals surface area contributed by atoms with Crippen LogP contribution in [0.1, 0.15) is 25.9 Å². The van der Waals surface area contributed by atoms with Gasteiger partial charge in [-0.25, -0.2) is 4.98 Å². The van der Waals surface area contributed by atoms with Gasteiger partial charge in [0.05, 0.1) is 10.7 Å². The van der Waals surface area contributed by atoms with E-state index in [0.717, 1.165) is 23.8 Å². The zero-order valence-electron chi connectivity index (χ0n) is 15.4. The number of likely N-dealkylation sites (N-methyl/N-ethyl adjacent to an activating group) is 1. The summed E-state index contributed by atoms with van der Waals surface area (Å²) in [6.07, 6.45) is 0. The van der Waals surface area contributed by atoms with Crippen LogP contribution in [-0.2, 0) is 11.3 Å². The predicted molar refractivity (Wildman–Crippen MR) is 102 cm³/mol. The fourth-order valence-corrected chi connectivity index (χ4v) is 4.19. The van der Waals surface area contributed by atoms with Crippen LogP contribution in [0.4, 0.5) is 0 Å². The highest BCUT2D eigenvalue weighted by atomic mass is 32.1. The van der Waals surface area contributed by atoms with Crippen molar-refractivity contribution in [2.45, 2.75) is 26.4 Å². The van der Waals surface area contributed by atoms with E-state index in [1.54, 1.807) is 11.9 Å². The summed E-state index contributed by atoms with van der Waals surface area (Å²) < 4.78 is 0. The van der Waals surface area contributed by atoms with E-state index in [1.807, 2.05) is 32.0 Å². The van der Waals surface area contributed by atoms with Crippen molar-refractivity contribution in [1.29, 1.82) is 0 Å². The van der Waals surface area contributed by atoms with E-state index in [1.165, 1.54) is 16.9 Å². The average molecular weight is 372 g/mol. The quantitative estimate of drug-likeness (QED) is 0.889. The van der Waals surface area contributed by atoms with Crippen molar-refractivity contribution < 1.29 is 9.59 Å². The van der Waals surface area contributed by atoms with Gasteiger partial charge in [0, 0.05) is 33.2 Å². The summed E-state index contributed by atoms with van der Waals surface area (Å²) in [6.45, 7) is 6.30. The van der Waals surface area contributed by atoms with Crippen molar-refractivity contribution in [3.63, 3.8) is 0 Å². The molecule has 0 radical (unpaired) electrons. The number of carbonyl (C=O) groups excluding carboxylic acids is 2. The second kappa shape index (κ2) is 7.97. The van der Waals surface area contributed by atoms with Crippen LogP contribution in [0.2, 0.25) is 0 Å². The number of aromatic nitrogens is 1. The molecule has 1 unspecified atom stereocenters. The number of thiazole rings is 1. The lowest BCUT2D eigenvalue weighted by molar-refractivity contribution is -0.127. The predicted octanol–water partition coefficient (Wildman–Crippen LogP) is 1.83. The van der Waals surface area contributed by atoms with Gasteiger partial charge >= 0.3 is 0 Å². The molecule has 2 aromatic rings. The number of hydrogen-bond donors (Lipinski definition) is 1. The monoisotopic (exact) mass is 372 g/mol. The largest absolute Gasteiger partial charge is 0.357 e. The zero-order valence-corrected chi connectivity index (χ0v) is 16.2. The number of aryl methyl sites for hydroxylation is 2. The first-order valence-electron chi connectivity index (χ1n) is 8.72. The van der Waals surface area contributed by atoms with Crippen molar-refractivity contribution in [2.24, 2.45) is 0 Å². The molecule has 1 aliphatic heterocycles. The Morgan fingerprint density at radius 2 is 1.96 bits per heavy atom.